The second-order valence-electron chi connectivity index (χ2n) is 4.58. The van der Waals surface area contributed by atoms with Gasteiger partial charge in [0.05, 0.1) is 6.61 Å². The average Bonchev–Trinajstić information content (AvgIpc) is 2.26. The van der Waals surface area contributed by atoms with Crippen LogP contribution in [0.25, 0.3) is 0 Å². The van der Waals surface area contributed by atoms with Gasteiger partial charge < -0.3 is 10.4 Å². The molecule has 3 unspecified atom stereocenters. The molecule has 0 spiro atoms. The van der Waals surface area contributed by atoms with Crippen LogP contribution in [0.5, 0.6) is 0 Å². The summed E-state index contributed by atoms with van der Waals surface area (Å²) < 4.78 is 0. The first kappa shape index (κ1) is 10.2. The minimum atomic E-state index is 0.268. The Bertz CT molecular complexity index is 202. The summed E-state index contributed by atoms with van der Waals surface area (Å²) in [6, 6.07) is 0.658. The van der Waals surface area contributed by atoms with Crippen molar-refractivity contribution in [2.24, 2.45) is 11.8 Å². The molecule has 2 aliphatic rings. The van der Waals surface area contributed by atoms with Crippen molar-refractivity contribution in [1.82, 2.24) is 5.32 Å². The molecule has 2 heteroatoms. The van der Waals surface area contributed by atoms with Crippen molar-refractivity contribution in [3.8, 4) is 0 Å². The first-order valence-electron chi connectivity index (χ1n) is 5.91. The Balaban J connectivity index is 1.92. The molecular weight excluding hydrogens is 174 g/mol. The maximum Gasteiger partial charge on any atom is 0.0556 e. The molecule has 0 amide bonds. The molecule has 14 heavy (non-hydrogen) atoms. The highest BCUT2D eigenvalue weighted by molar-refractivity contribution is 5.00. The van der Waals surface area contributed by atoms with Gasteiger partial charge in [0.15, 0.2) is 0 Å². The van der Waals surface area contributed by atoms with Gasteiger partial charge in [-0.05, 0) is 37.5 Å². The Morgan fingerprint density at radius 3 is 2.93 bits per heavy atom. The van der Waals surface area contributed by atoms with Gasteiger partial charge >= 0.3 is 0 Å². The van der Waals surface area contributed by atoms with Crippen molar-refractivity contribution >= 4 is 0 Å². The first-order valence-corrected chi connectivity index (χ1v) is 5.91. The van der Waals surface area contributed by atoms with Crippen LogP contribution < -0.4 is 5.32 Å². The molecule has 80 valence electrons. The molecule has 0 aromatic heterocycles. The van der Waals surface area contributed by atoms with Gasteiger partial charge in [-0.25, -0.2) is 0 Å². The maximum atomic E-state index is 8.82. The third-order valence-corrected chi connectivity index (χ3v) is 3.74. The Hall–Kier alpha value is -0.340. The average molecular weight is 195 g/mol. The number of fused-ring (bicyclic) bond motifs is 1. The fourth-order valence-corrected chi connectivity index (χ4v) is 3.03. The summed E-state index contributed by atoms with van der Waals surface area (Å²) in [6.07, 6.45) is 11.3. The van der Waals surface area contributed by atoms with Crippen LogP contribution in [0, 0.1) is 11.8 Å². The van der Waals surface area contributed by atoms with E-state index in [0.717, 1.165) is 18.4 Å². The first-order chi connectivity index (χ1) is 6.92. The second-order valence-corrected chi connectivity index (χ2v) is 4.58. The molecule has 0 aromatic carbocycles. The third kappa shape index (κ3) is 2.18. The molecule has 2 rings (SSSR count). The largest absolute Gasteiger partial charge is 0.395 e. The van der Waals surface area contributed by atoms with Crippen molar-refractivity contribution in [3.05, 3.63) is 12.2 Å². The molecule has 0 radical (unpaired) electrons. The van der Waals surface area contributed by atoms with E-state index in [4.69, 9.17) is 5.11 Å². The predicted octanol–water partition coefficient (Wildman–Crippen LogP) is 1.70. The molecular formula is C12H21NO. The van der Waals surface area contributed by atoms with E-state index in [-0.39, 0.29) is 6.61 Å². The van der Waals surface area contributed by atoms with Gasteiger partial charge in [-0.1, -0.05) is 18.6 Å². The van der Waals surface area contributed by atoms with Crippen LogP contribution in [0.3, 0.4) is 0 Å². The van der Waals surface area contributed by atoms with Crippen LogP contribution in [-0.4, -0.2) is 24.3 Å². The zero-order chi connectivity index (χ0) is 9.80. The van der Waals surface area contributed by atoms with Crippen LogP contribution in [0.15, 0.2) is 12.2 Å². The van der Waals surface area contributed by atoms with E-state index in [2.05, 4.69) is 17.5 Å². The lowest BCUT2D eigenvalue weighted by Crippen LogP contribution is -2.44. The lowest BCUT2D eigenvalue weighted by molar-refractivity contribution is 0.164. The topological polar surface area (TPSA) is 32.3 Å². The second kappa shape index (κ2) is 4.94. The monoisotopic (exact) mass is 195 g/mol. The van der Waals surface area contributed by atoms with Gasteiger partial charge in [0.2, 0.25) is 0 Å². The third-order valence-electron chi connectivity index (χ3n) is 3.74. The summed E-state index contributed by atoms with van der Waals surface area (Å²) >= 11 is 0. The minimum Gasteiger partial charge on any atom is -0.395 e. The van der Waals surface area contributed by atoms with Gasteiger partial charge in [-0.15, -0.1) is 0 Å². The minimum absolute atomic E-state index is 0.268. The van der Waals surface area contributed by atoms with Crippen LogP contribution in [0.2, 0.25) is 0 Å². The van der Waals surface area contributed by atoms with E-state index in [0.29, 0.717) is 6.04 Å². The quantitative estimate of drug-likeness (QED) is 0.672. The number of aliphatic hydroxyl groups excluding tert-OH is 1. The molecule has 0 saturated heterocycles. The van der Waals surface area contributed by atoms with Crippen LogP contribution in [0.4, 0.5) is 0 Å². The summed E-state index contributed by atoms with van der Waals surface area (Å²) in [6.45, 7) is 1.03. The Kier molecular flexibility index (Phi) is 3.60. The van der Waals surface area contributed by atoms with E-state index in [1.54, 1.807) is 0 Å². The SMILES string of the molecule is OCCNC1CCCC2CC=CCC21. The van der Waals surface area contributed by atoms with Crippen LogP contribution in [-0.2, 0) is 0 Å². The summed E-state index contributed by atoms with van der Waals surface area (Å²) in [4.78, 5) is 0. The highest BCUT2D eigenvalue weighted by atomic mass is 16.3. The van der Waals surface area contributed by atoms with Crippen molar-refractivity contribution in [1.29, 1.82) is 0 Å². The van der Waals surface area contributed by atoms with E-state index in [9.17, 15) is 0 Å². The number of allylic oxidation sites excluding steroid dienone is 2. The predicted molar refractivity (Wildman–Crippen MR) is 58.1 cm³/mol. The summed E-state index contributed by atoms with van der Waals surface area (Å²) in [5.74, 6) is 1.74. The van der Waals surface area contributed by atoms with E-state index in [1.165, 1.54) is 32.1 Å². The van der Waals surface area contributed by atoms with E-state index in [1.807, 2.05) is 0 Å². The number of nitrogens with one attached hydrogen (secondary N) is 1. The lowest BCUT2D eigenvalue weighted by Gasteiger charge is -2.39. The molecule has 1 saturated carbocycles. The zero-order valence-corrected chi connectivity index (χ0v) is 8.78. The molecule has 2 nitrogen and oxygen atoms in total. The molecule has 2 aliphatic carbocycles. The Morgan fingerprint density at radius 1 is 1.21 bits per heavy atom. The van der Waals surface area contributed by atoms with Gasteiger partial charge in [-0.3, -0.25) is 0 Å². The molecule has 3 atom stereocenters. The van der Waals surface area contributed by atoms with Crippen molar-refractivity contribution in [2.45, 2.75) is 38.1 Å². The highest BCUT2D eigenvalue weighted by Crippen LogP contribution is 2.37. The summed E-state index contributed by atoms with van der Waals surface area (Å²) in [5.41, 5.74) is 0. The normalized spacial score (nSPS) is 36.8. The van der Waals surface area contributed by atoms with Crippen molar-refractivity contribution in [2.75, 3.05) is 13.2 Å². The van der Waals surface area contributed by atoms with E-state index >= 15 is 0 Å². The Morgan fingerprint density at radius 2 is 2.07 bits per heavy atom. The maximum absolute atomic E-state index is 8.82. The molecule has 1 fully saturated rings. The van der Waals surface area contributed by atoms with Crippen LogP contribution in [0.1, 0.15) is 32.1 Å². The van der Waals surface area contributed by atoms with Gasteiger partial charge in [0, 0.05) is 12.6 Å². The van der Waals surface area contributed by atoms with Crippen LogP contribution >= 0.6 is 0 Å². The number of aliphatic hydroxyl groups is 1. The van der Waals surface area contributed by atoms with Crippen molar-refractivity contribution < 1.29 is 5.11 Å². The number of hydrogen-bond donors (Lipinski definition) is 2. The van der Waals surface area contributed by atoms with Gasteiger partial charge in [0.1, 0.15) is 0 Å². The molecule has 0 aromatic rings. The fourth-order valence-electron chi connectivity index (χ4n) is 3.03. The smallest absolute Gasteiger partial charge is 0.0556 e. The van der Waals surface area contributed by atoms with E-state index < -0.39 is 0 Å². The van der Waals surface area contributed by atoms with Gasteiger partial charge in [-0.2, -0.15) is 0 Å². The van der Waals surface area contributed by atoms with Crippen molar-refractivity contribution in [3.63, 3.8) is 0 Å². The fraction of sp³-hybridized carbons (Fsp3) is 0.833. The standard InChI is InChI=1S/C12H21NO/c14-9-8-13-12-7-3-5-10-4-1-2-6-11(10)12/h1-2,10-14H,3-9H2. The molecule has 0 heterocycles. The van der Waals surface area contributed by atoms with Gasteiger partial charge in [0.25, 0.3) is 0 Å². The molecule has 0 bridgehead atoms. The number of rotatable bonds is 3. The molecule has 0 aliphatic heterocycles. The summed E-state index contributed by atoms with van der Waals surface area (Å²) in [5, 5.41) is 12.3. The Labute approximate surface area is 86.4 Å². The molecule has 2 N–H and O–H groups in total. The lowest BCUT2D eigenvalue weighted by atomic mass is 9.70. The number of hydrogen-bond acceptors (Lipinski definition) is 2. The zero-order valence-electron chi connectivity index (χ0n) is 8.78. The highest BCUT2D eigenvalue weighted by Gasteiger charge is 2.32. The summed E-state index contributed by atoms with van der Waals surface area (Å²) in [7, 11) is 0.